The molecule has 222 valence electrons. The van der Waals surface area contributed by atoms with Crippen molar-refractivity contribution in [1.29, 1.82) is 0 Å². The summed E-state index contributed by atoms with van der Waals surface area (Å²) in [6.45, 7) is 1.61. The zero-order valence-electron chi connectivity index (χ0n) is 22.8. The molecule has 2 aliphatic rings. The highest BCUT2D eigenvalue weighted by atomic mass is 19.3. The van der Waals surface area contributed by atoms with E-state index in [1.807, 2.05) is 37.3 Å². The van der Waals surface area contributed by atoms with Crippen molar-refractivity contribution in [3.8, 4) is 17.3 Å². The van der Waals surface area contributed by atoms with Crippen LogP contribution in [0, 0.1) is 18.6 Å². The molecule has 1 aromatic carbocycles. The summed E-state index contributed by atoms with van der Waals surface area (Å²) in [5, 5.41) is 11.5. The number of halogens is 4. The van der Waals surface area contributed by atoms with Gasteiger partial charge in [0.2, 0.25) is 0 Å². The number of ether oxygens (including phenoxy) is 1. The number of allylic oxidation sites excluding steroid dienone is 6. The lowest BCUT2D eigenvalue weighted by Crippen LogP contribution is -2.41. The van der Waals surface area contributed by atoms with Crippen molar-refractivity contribution in [2.75, 3.05) is 32.1 Å². The molecule has 3 aromatic rings. The van der Waals surface area contributed by atoms with Crippen molar-refractivity contribution in [3.63, 3.8) is 0 Å². The first-order valence-corrected chi connectivity index (χ1v) is 12.9. The first-order valence-electron chi connectivity index (χ1n) is 12.9. The number of nitrogens with one attached hydrogen (secondary N) is 2. The summed E-state index contributed by atoms with van der Waals surface area (Å²) in [6.07, 6.45) is 11.2. The van der Waals surface area contributed by atoms with Gasteiger partial charge in [-0.3, -0.25) is 10.2 Å². The van der Waals surface area contributed by atoms with Crippen LogP contribution in [0.3, 0.4) is 0 Å². The van der Waals surface area contributed by atoms with Crippen LogP contribution in [0.1, 0.15) is 12.0 Å². The van der Waals surface area contributed by atoms with Crippen LogP contribution in [0.25, 0.3) is 17.0 Å². The maximum absolute atomic E-state index is 12.8. The second kappa shape index (κ2) is 14.4. The van der Waals surface area contributed by atoms with Gasteiger partial charge < -0.3 is 10.1 Å². The van der Waals surface area contributed by atoms with Crippen molar-refractivity contribution < 1.29 is 31.9 Å². The Balaban J connectivity index is 0.000000437. The molecule has 2 N–H and O–H groups in total. The second-order valence-corrected chi connectivity index (χ2v) is 9.09. The minimum absolute atomic E-state index is 0.117. The van der Waals surface area contributed by atoms with E-state index >= 15 is 0 Å². The number of urea groups is 1. The molecule has 3 heterocycles. The topological polar surface area (TPSA) is 106 Å². The molecule has 1 saturated heterocycles. The summed E-state index contributed by atoms with van der Waals surface area (Å²) in [4.78, 5) is 26.3. The number of aromatic nitrogens is 4. The molecule has 1 aliphatic carbocycles. The molecule has 2 aromatic heterocycles. The number of hydrogen-bond donors (Lipinski definition) is 2. The fourth-order valence-electron chi connectivity index (χ4n) is 4.04. The van der Waals surface area contributed by atoms with Crippen molar-refractivity contribution in [1.82, 2.24) is 30.1 Å². The number of hydroxylamine groups is 2. The van der Waals surface area contributed by atoms with Gasteiger partial charge in [0, 0.05) is 30.1 Å². The van der Waals surface area contributed by atoms with Gasteiger partial charge in [0.05, 0.1) is 32.0 Å². The highest BCUT2D eigenvalue weighted by Crippen LogP contribution is 2.31. The Morgan fingerprint density at radius 2 is 1.88 bits per heavy atom. The minimum atomic E-state index is -2.51. The van der Waals surface area contributed by atoms with Crippen LogP contribution in [-0.4, -0.2) is 70.1 Å². The summed E-state index contributed by atoms with van der Waals surface area (Å²) in [6, 6.07) is 4.35. The van der Waals surface area contributed by atoms with Gasteiger partial charge in [-0.25, -0.2) is 37.0 Å². The number of anilines is 1. The fourth-order valence-corrected chi connectivity index (χ4v) is 4.04. The van der Waals surface area contributed by atoms with E-state index in [-0.39, 0.29) is 19.2 Å². The van der Waals surface area contributed by atoms with Crippen LogP contribution in [0.15, 0.2) is 67.0 Å². The average molecular weight is 588 g/mol. The lowest BCUT2D eigenvalue weighted by atomic mass is 10.1. The van der Waals surface area contributed by atoms with E-state index in [2.05, 4.69) is 20.6 Å². The maximum Gasteiger partial charge on any atom is 0.320 e. The van der Waals surface area contributed by atoms with Crippen LogP contribution in [0.4, 0.5) is 28.2 Å². The van der Waals surface area contributed by atoms with Crippen LogP contribution in [0.5, 0.6) is 6.01 Å². The zero-order valence-corrected chi connectivity index (χ0v) is 22.8. The molecule has 2 amide bonds. The van der Waals surface area contributed by atoms with Gasteiger partial charge in [0.15, 0.2) is 11.6 Å². The molecule has 5 rings (SSSR count). The Kier molecular flexibility index (Phi) is 10.4. The molecule has 14 heteroatoms. The summed E-state index contributed by atoms with van der Waals surface area (Å²) in [5.41, 5.74) is 2.70. The van der Waals surface area contributed by atoms with Crippen molar-refractivity contribution in [3.05, 3.63) is 84.2 Å². The van der Waals surface area contributed by atoms with E-state index in [0.29, 0.717) is 22.6 Å². The second-order valence-electron chi connectivity index (χ2n) is 9.09. The quantitative estimate of drug-likeness (QED) is 0.376. The summed E-state index contributed by atoms with van der Waals surface area (Å²) < 4.78 is 55.7. The third-order valence-electron chi connectivity index (χ3n) is 6.03. The largest absolute Gasteiger partial charge is 0.467 e. The van der Waals surface area contributed by atoms with Crippen LogP contribution >= 0.6 is 0 Å². The van der Waals surface area contributed by atoms with Gasteiger partial charge in [0.1, 0.15) is 11.5 Å². The van der Waals surface area contributed by atoms with Crippen LogP contribution in [0.2, 0.25) is 0 Å². The zero-order chi connectivity index (χ0) is 30.1. The predicted molar refractivity (Wildman–Crippen MR) is 148 cm³/mol. The molecule has 1 atom stereocenters. The number of alkyl halides is 2. The van der Waals surface area contributed by atoms with Crippen molar-refractivity contribution in [2.45, 2.75) is 25.8 Å². The Bertz CT molecular complexity index is 1440. The van der Waals surface area contributed by atoms with Gasteiger partial charge in [-0.05, 0) is 37.6 Å². The van der Waals surface area contributed by atoms with E-state index in [1.54, 1.807) is 17.1 Å². The lowest BCUT2D eigenvalue weighted by molar-refractivity contribution is -0.133. The SMILES string of the molecule is COc1ncc(-c2nn(C3=CC=CCC=C3)c(NC(=O)N[C@H]3CON(CC(F)F)C3)c2C)cn1.Fc1ccccc1F. The molecular formula is C28H29F4N7O3. The molecule has 1 fully saturated rings. The number of hydrogen-bond acceptors (Lipinski definition) is 7. The molecule has 0 bridgehead atoms. The Morgan fingerprint density at radius 1 is 1.17 bits per heavy atom. The van der Waals surface area contributed by atoms with E-state index < -0.39 is 36.7 Å². The normalized spacial score (nSPS) is 16.5. The molecular weight excluding hydrogens is 558 g/mol. The number of rotatable bonds is 7. The Labute approximate surface area is 239 Å². The Hall–Kier alpha value is -4.56. The number of methoxy groups -OCH3 is 1. The van der Waals surface area contributed by atoms with Gasteiger partial charge in [-0.15, -0.1) is 0 Å². The van der Waals surface area contributed by atoms with E-state index in [1.165, 1.54) is 19.2 Å². The monoisotopic (exact) mass is 587 g/mol. The molecule has 0 unspecified atom stereocenters. The summed E-state index contributed by atoms with van der Waals surface area (Å²) in [5.74, 6) is -1.14. The maximum atomic E-state index is 12.8. The predicted octanol–water partition coefficient (Wildman–Crippen LogP) is 4.98. The fraction of sp³-hybridized carbons (Fsp3) is 0.286. The average Bonchev–Trinajstić information content (AvgIpc) is 3.41. The number of amides is 2. The number of carbonyl (C=O) groups excluding carboxylic acids is 1. The summed E-state index contributed by atoms with van der Waals surface area (Å²) >= 11 is 0. The highest BCUT2D eigenvalue weighted by molar-refractivity contribution is 5.91. The molecule has 1 aliphatic heterocycles. The van der Waals surface area contributed by atoms with Gasteiger partial charge in [-0.1, -0.05) is 30.4 Å². The van der Waals surface area contributed by atoms with Crippen molar-refractivity contribution >= 4 is 17.5 Å². The molecule has 10 nitrogen and oxygen atoms in total. The molecule has 42 heavy (non-hydrogen) atoms. The van der Waals surface area contributed by atoms with E-state index in [9.17, 15) is 22.4 Å². The van der Waals surface area contributed by atoms with E-state index in [4.69, 9.17) is 14.7 Å². The number of nitrogens with zero attached hydrogens (tertiary/aromatic N) is 5. The third-order valence-corrected chi connectivity index (χ3v) is 6.03. The first kappa shape index (κ1) is 30.4. The minimum Gasteiger partial charge on any atom is -0.467 e. The Morgan fingerprint density at radius 3 is 2.52 bits per heavy atom. The smallest absolute Gasteiger partial charge is 0.320 e. The lowest BCUT2D eigenvalue weighted by Gasteiger charge is -2.15. The van der Waals surface area contributed by atoms with Crippen LogP contribution < -0.4 is 15.4 Å². The first-order chi connectivity index (χ1) is 20.2. The molecule has 0 spiro atoms. The highest BCUT2D eigenvalue weighted by Gasteiger charge is 2.28. The summed E-state index contributed by atoms with van der Waals surface area (Å²) in [7, 11) is 1.48. The van der Waals surface area contributed by atoms with Gasteiger partial charge in [-0.2, -0.15) is 10.2 Å². The van der Waals surface area contributed by atoms with Crippen molar-refractivity contribution in [2.24, 2.45) is 0 Å². The molecule has 0 saturated carbocycles. The standard InChI is InChI=1S/C22H25F2N7O3.C6H4F2/c1-14-19(15-9-25-22(33-2)26-10-15)29-31(17-7-5-3-4-6-8-17)20(14)28-21(32)27-16-11-30(34-13-16)12-18(23)24;7-5-3-1-2-4-6(5)8/h3,5-10,16,18H,4,11-13H2,1-2H3,(H2,27,28,32);1-4H/t16-;/m1./s1. The van der Waals surface area contributed by atoms with Gasteiger partial charge >= 0.3 is 12.0 Å². The van der Waals surface area contributed by atoms with Crippen LogP contribution in [-0.2, 0) is 4.84 Å². The third kappa shape index (κ3) is 8.01. The van der Waals surface area contributed by atoms with Gasteiger partial charge in [0.25, 0.3) is 6.43 Å². The number of benzene rings is 1. The van der Waals surface area contributed by atoms with E-state index in [0.717, 1.165) is 29.3 Å². The number of carbonyl (C=O) groups is 1. The molecule has 0 radical (unpaired) electrons.